The first-order valence-electron chi connectivity index (χ1n) is 5.53. The average molecular weight is 309 g/mol. The van der Waals surface area contributed by atoms with Gasteiger partial charge >= 0.3 is 0 Å². The predicted octanol–water partition coefficient (Wildman–Crippen LogP) is 2.46. The molecule has 0 spiro atoms. The van der Waals surface area contributed by atoms with Crippen molar-refractivity contribution in [3.05, 3.63) is 17.2 Å². The van der Waals surface area contributed by atoms with Crippen molar-refractivity contribution in [1.82, 2.24) is 0 Å². The van der Waals surface area contributed by atoms with Crippen LogP contribution in [0.25, 0.3) is 0 Å². The average Bonchev–Trinajstić information content (AvgIpc) is 2.36. The number of halogens is 2. The molecular weight excluding hydrogens is 291 g/mol. The van der Waals surface area contributed by atoms with Crippen molar-refractivity contribution < 1.29 is 14.3 Å². The molecule has 1 aromatic rings. The summed E-state index contributed by atoms with van der Waals surface area (Å²) in [5.74, 6) is 0.866. The third-order valence-corrected chi connectivity index (χ3v) is 2.65. The van der Waals surface area contributed by atoms with Crippen LogP contribution in [-0.2, 0) is 4.79 Å². The molecule has 1 rings (SSSR count). The number of hydrogen-bond acceptors (Lipinski definition) is 4. The first-order chi connectivity index (χ1) is 8.62. The fourth-order valence-corrected chi connectivity index (χ4v) is 1.67. The Hall–Kier alpha value is -1.17. The van der Waals surface area contributed by atoms with E-state index in [0.29, 0.717) is 41.6 Å². The van der Waals surface area contributed by atoms with Gasteiger partial charge in [0.15, 0.2) is 0 Å². The Morgan fingerprint density at radius 2 is 1.95 bits per heavy atom. The lowest BCUT2D eigenvalue weighted by molar-refractivity contribution is -0.116. The minimum absolute atomic E-state index is 0. The van der Waals surface area contributed by atoms with Gasteiger partial charge in [0, 0.05) is 12.5 Å². The maximum atomic E-state index is 11.6. The number of anilines is 1. The highest BCUT2D eigenvalue weighted by Gasteiger charge is 2.12. The first-order valence-corrected chi connectivity index (χ1v) is 5.91. The molecule has 0 unspecified atom stereocenters. The highest BCUT2D eigenvalue weighted by atomic mass is 35.5. The molecule has 0 aliphatic heterocycles. The van der Waals surface area contributed by atoms with Crippen molar-refractivity contribution in [2.24, 2.45) is 5.73 Å². The first kappa shape index (κ1) is 17.8. The van der Waals surface area contributed by atoms with Crippen LogP contribution in [0.5, 0.6) is 11.5 Å². The number of nitrogens with one attached hydrogen (secondary N) is 1. The zero-order valence-electron chi connectivity index (χ0n) is 10.9. The Morgan fingerprint density at radius 3 is 2.47 bits per heavy atom. The van der Waals surface area contributed by atoms with E-state index in [1.807, 2.05) is 0 Å². The van der Waals surface area contributed by atoms with E-state index in [1.54, 1.807) is 12.1 Å². The number of ether oxygens (including phenoxy) is 2. The molecule has 5 nitrogen and oxygen atoms in total. The van der Waals surface area contributed by atoms with Crippen molar-refractivity contribution >= 4 is 35.6 Å². The second-order valence-corrected chi connectivity index (χ2v) is 4.03. The maximum absolute atomic E-state index is 11.6. The summed E-state index contributed by atoms with van der Waals surface area (Å²) < 4.78 is 10.2. The van der Waals surface area contributed by atoms with Gasteiger partial charge in [0.2, 0.25) is 5.91 Å². The van der Waals surface area contributed by atoms with Crippen molar-refractivity contribution in [2.75, 3.05) is 26.1 Å². The van der Waals surface area contributed by atoms with Gasteiger partial charge in [0.1, 0.15) is 11.5 Å². The van der Waals surface area contributed by atoms with Gasteiger partial charge < -0.3 is 20.5 Å². The largest absolute Gasteiger partial charge is 0.495 e. The van der Waals surface area contributed by atoms with Crippen LogP contribution in [0.1, 0.15) is 12.8 Å². The van der Waals surface area contributed by atoms with Crippen LogP contribution in [0.4, 0.5) is 5.69 Å². The molecular formula is C12H18Cl2N2O3. The summed E-state index contributed by atoms with van der Waals surface area (Å²) in [6.45, 7) is 0.480. The molecule has 3 N–H and O–H groups in total. The molecule has 0 aliphatic rings. The number of rotatable bonds is 6. The van der Waals surface area contributed by atoms with Crippen LogP contribution < -0.4 is 20.5 Å². The molecule has 1 amide bonds. The number of methoxy groups -OCH3 is 2. The Morgan fingerprint density at radius 1 is 1.32 bits per heavy atom. The molecule has 0 aliphatic carbocycles. The third-order valence-electron chi connectivity index (χ3n) is 2.36. The summed E-state index contributed by atoms with van der Waals surface area (Å²) in [4.78, 5) is 11.6. The van der Waals surface area contributed by atoms with Crippen LogP contribution in [0.15, 0.2) is 12.1 Å². The van der Waals surface area contributed by atoms with Gasteiger partial charge in [-0.25, -0.2) is 0 Å². The van der Waals surface area contributed by atoms with Gasteiger partial charge in [-0.1, -0.05) is 11.6 Å². The molecule has 0 saturated heterocycles. The van der Waals surface area contributed by atoms with E-state index in [2.05, 4.69) is 5.32 Å². The standard InChI is InChI=1S/C12H17ClN2O3.ClH/c1-17-10-7-11(18-2)9(6-8(10)13)15-12(16)4-3-5-14;/h6-7H,3-5,14H2,1-2H3,(H,15,16);1H. The fraction of sp³-hybridized carbons (Fsp3) is 0.417. The van der Waals surface area contributed by atoms with Gasteiger partial charge in [-0.15, -0.1) is 12.4 Å². The van der Waals surface area contributed by atoms with E-state index >= 15 is 0 Å². The second kappa shape index (κ2) is 8.85. The summed E-state index contributed by atoms with van der Waals surface area (Å²) in [6, 6.07) is 3.22. The van der Waals surface area contributed by atoms with Crippen LogP contribution >= 0.6 is 24.0 Å². The Labute approximate surface area is 123 Å². The van der Waals surface area contributed by atoms with Crippen LogP contribution in [0.2, 0.25) is 5.02 Å². The van der Waals surface area contributed by atoms with E-state index in [4.69, 9.17) is 26.8 Å². The summed E-state index contributed by atoms with van der Waals surface area (Å²) in [5, 5.41) is 3.14. The molecule has 108 valence electrons. The Bertz CT molecular complexity index is 428. The van der Waals surface area contributed by atoms with Crippen molar-refractivity contribution in [2.45, 2.75) is 12.8 Å². The Kier molecular flexibility index (Phi) is 8.30. The molecule has 19 heavy (non-hydrogen) atoms. The lowest BCUT2D eigenvalue weighted by atomic mass is 10.2. The monoisotopic (exact) mass is 308 g/mol. The minimum atomic E-state index is -0.125. The molecule has 0 fully saturated rings. The van der Waals surface area contributed by atoms with E-state index in [9.17, 15) is 4.79 Å². The SMILES string of the molecule is COc1cc(OC)c(NC(=O)CCCN)cc1Cl.Cl. The highest BCUT2D eigenvalue weighted by molar-refractivity contribution is 6.32. The van der Waals surface area contributed by atoms with Gasteiger partial charge in [-0.3, -0.25) is 4.79 Å². The van der Waals surface area contributed by atoms with E-state index < -0.39 is 0 Å². The molecule has 1 aromatic carbocycles. The van der Waals surface area contributed by atoms with Gasteiger partial charge in [0.25, 0.3) is 0 Å². The summed E-state index contributed by atoms with van der Waals surface area (Å²) in [5.41, 5.74) is 5.86. The Balaban J connectivity index is 0.00000324. The van der Waals surface area contributed by atoms with Crippen molar-refractivity contribution in [3.8, 4) is 11.5 Å². The molecule has 0 aromatic heterocycles. The number of carbonyl (C=O) groups excluding carboxylic acids is 1. The number of amides is 1. The van der Waals surface area contributed by atoms with Crippen LogP contribution in [-0.4, -0.2) is 26.7 Å². The van der Waals surface area contributed by atoms with E-state index in [1.165, 1.54) is 14.2 Å². The van der Waals surface area contributed by atoms with Gasteiger partial charge in [-0.2, -0.15) is 0 Å². The number of nitrogens with two attached hydrogens (primary N) is 1. The molecule has 0 bridgehead atoms. The lowest BCUT2D eigenvalue weighted by Gasteiger charge is -2.12. The van der Waals surface area contributed by atoms with Crippen molar-refractivity contribution in [3.63, 3.8) is 0 Å². The van der Waals surface area contributed by atoms with Gasteiger partial charge in [0.05, 0.1) is 24.9 Å². The zero-order chi connectivity index (χ0) is 13.5. The number of hydrogen-bond donors (Lipinski definition) is 2. The van der Waals surface area contributed by atoms with E-state index in [0.717, 1.165) is 0 Å². The number of carbonyl (C=O) groups is 1. The fourth-order valence-electron chi connectivity index (χ4n) is 1.43. The lowest BCUT2D eigenvalue weighted by Crippen LogP contribution is -2.14. The van der Waals surface area contributed by atoms with Gasteiger partial charge in [-0.05, 0) is 19.0 Å². The maximum Gasteiger partial charge on any atom is 0.224 e. The molecule has 7 heteroatoms. The molecule has 0 saturated carbocycles. The predicted molar refractivity (Wildman–Crippen MR) is 78.7 cm³/mol. The van der Waals surface area contributed by atoms with Crippen molar-refractivity contribution in [1.29, 1.82) is 0 Å². The normalized spacial score (nSPS) is 9.47. The minimum Gasteiger partial charge on any atom is -0.495 e. The molecule has 0 radical (unpaired) electrons. The third kappa shape index (κ3) is 5.14. The topological polar surface area (TPSA) is 73.6 Å². The summed E-state index contributed by atoms with van der Waals surface area (Å²) >= 11 is 5.99. The van der Waals surface area contributed by atoms with Crippen LogP contribution in [0, 0.1) is 0 Å². The number of benzene rings is 1. The summed E-state index contributed by atoms with van der Waals surface area (Å²) in [7, 11) is 3.03. The molecule has 0 atom stereocenters. The smallest absolute Gasteiger partial charge is 0.224 e. The van der Waals surface area contributed by atoms with Crippen LogP contribution in [0.3, 0.4) is 0 Å². The van der Waals surface area contributed by atoms with E-state index in [-0.39, 0.29) is 18.3 Å². The quantitative estimate of drug-likeness (QED) is 0.846. The second-order valence-electron chi connectivity index (χ2n) is 3.63. The zero-order valence-corrected chi connectivity index (χ0v) is 12.4. The highest BCUT2D eigenvalue weighted by Crippen LogP contribution is 2.35. The summed E-state index contributed by atoms with van der Waals surface area (Å²) in [6.07, 6.45) is 1.00. The molecule has 0 heterocycles.